The molecule has 0 aromatic heterocycles. The van der Waals surface area contributed by atoms with E-state index in [-0.39, 0.29) is 0 Å². The zero-order valence-corrected chi connectivity index (χ0v) is 2.42. The first-order valence-corrected chi connectivity index (χ1v) is 0.954. The Labute approximate surface area is 28.4 Å². The van der Waals surface area contributed by atoms with Crippen molar-refractivity contribution in [1.82, 2.24) is 0 Å². The van der Waals surface area contributed by atoms with Crippen molar-refractivity contribution < 1.29 is 20.3 Å². The van der Waals surface area contributed by atoms with E-state index in [0.717, 1.165) is 0 Å². The lowest BCUT2D eigenvalue weighted by molar-refractivity contribution is -0.505. The van der Waals surface area contributed by atoms with Crippen molar-refractivity contribution in [1.29, 1.82) is 0 Å². The number of hydrogen-bond donors (Lipinski definition) is 2. The van der Waals surface area contributed by atoms with Gasteiger partial charge >= 0.3 is 0 Å². The van der Waals surface area contributed by atoms with E-state index in [4.69, 9.17) is 10.4 Å². The van der Waals surface area contributed by atoms with Gasteiger partial charge in [-0.3, -0.25) is 0 Å². The first kappa shape index (κ1) is 4.84. The average Bonchev–Trinajstić information content (AvgIpc) is 1.41. The summed E-state index contributed by atoms with van der Waals surface area (Å²) in [5.41, 5.74) is 0. The Morgan fingerprint density at radius 2 is 2.20 bits per heavy atom. The van der Waals surface area contributed by atoms with Crippen LogP contribution in [0.4, 0.5) is 0 Å². The van der Waals surface area contributed by atoms with Crippen molar-refractivity contribution in [2.45, 2.75) is 0 Å². The van der Waals surface area contributed by atoms with Gasteiger partial charge in [-0.05, 0) is 0 Å². The maximum Gasteiger partial charge on any atom is 0.181 e. The molecule has 0 aromatic carbocycles. The molecule has 0 aliphatic rings. The SMILES string of the molecule is OCOOO. The van der Waals surface area contributed by atoms with Crippen LogP contribution in [0, 0.1) is 0 Å². The highest BCUT2D eigenvalue weighted by molar-refractivity contribution is 3.60. The Hall–Kier alpha value is -0.160. The van der Waals surface area contributed by atoms with Gasteiger partial charge in [0.2, 0.25) is 0 Å². The zero-order chi connectivity index (χ0) is 4.12. The standard InChI is InChI=1S/CH4O4/c2-1-4-5-3/h2-3H,1H2. The number of aliphatic hydroxyl groups excluding tert-OH is 1. The first-order valence-electron chi connectivity index (χ1n) is 0.954. The second-order valence-electron chi connectivity index (χ2n) is 0.321. The number of rotatable bonds is 2. The van der Waals surface area contributed by atoms with E-state index < -0.39 is 6.79 Å². The third kappa shape index (κ3) is 3.84. The molecule has 0 aromatic rings. The lowest BCUT2D eigenvalue weighted by atomic mass is 11.5. The van der Waals surface area contributed by atoms with Crippen LogP contribution in [0.3, 0.4) is 0 Å². The Bertz CT molecular complexity index is 11.1. The zero-order valence-electron chi connectivity index (χ0n) is 2.42. The quantitative estimate of drug-likeness (QED) is 0.263. The van der Waals surface area contributed by atoms with Crippen molar-refractivity contribution >= 4 is 0 Å². The summed E-state index contributed by atoms with van der Waals surface area (Å²) in [6.45, 7) is -0.628. The van der Waals surface area contributed by atoms with Gasteiger partial charge < -0.3 is 5.11 Å². The predicted octanol–water partition coefficient (Wildman–Crippen LogP) is -0.643. The molecule has 5 heavy (non-hydrogen) atoms. The van der Waals surface area contributed by atoms with Crippen molar-refractivity contribution in [2.75, 3.05) is 6.79 Å². The van der Waals surface area contributed by atoms with Gasteiger partial charge in [-0.2, -0.15) is 4.89 Å². The summed E-state index contributed by atoms with van der Waals surface area (Å²) in [6, 6.07) is 0. The van der Waals surface area contributed by atoms with Crippen molar-refractivity contribution in [3.05, 3.63) is 0 Å². The molecule has 2 N–H and O–H groups in total. The molecule has 0 heterocycles. The topological polar surface area (TPSA) is 58.9 Å². The van der Waals surface area contributed by atoms with Crippen LogP contribution >= 0.6 is 0 Å². The molecule has 0 aliphatic carbocycles. The Kier molecular flexibility index (Phi) is 3.72. The molecular formula is CH4O4. The average molecular weight is 80.0 g/mol. The van der Waals surface area contributed by atoms with Crippen LogP contribution in [-0.4, -0.2) is 17.2 Å². The molecule has 0 radical (unpaired) electrons. The van der Waals surface area contributed by atoms with E-state index >= 15 is 0 Å². The van der Waals surface area contributed by atoms with Crippen molar-refractivity contribution in [3.63, 3.8) is 0 Å². The second kappa shape index (κ2) is 3.84. The molecule has 0 saturated carbocycles. The molecule has 0 aliphatic heterocycles. The van der Waals surface area contributed by atoms with Crippen LogP contribution in [0.15, 0.2) is 0 Å². The maximum atomic E-state index is 7.56. The van der Waals surface area contributed by atoms with Gasteiger partial charge in [0.15, 0.2) is 6.79 Å². The van der Waals surface area contributed by atoms with Gasteiger partial charge in [-0.25, -0.2) is 5.26 Å². The summed E-state index contributed by atoms with van der Waals surface area (Å²) in [6.07, 6.45) is 0. The highest BCUT2D eigenvalue weighted by Crippen LogP contribution is 1.60. The summed E-state index contributed by atoms with van der Waals surface area (Å²) in [7, 11) is 0. The number of hydrogen-bond acceptors (Lipinski definition) is 4. The van der Waals surface area contributed by atoms with Crippen LogP contribution in [0.25, 0.3) is 0 Å². The minimum atomic E-state index is -0.628. The first-order chi connectivity index (χ1) is 2.41. The molecule has 0 fully saturated rings. The smallest absolute Gasteiger partial charge is 0.181 e. The van der Waals surface area contributed by atoms with Gasteiger partial charge in [0.05, 0.1) is 0 Å². The second-order valence-corrected chi connectivity index (χ2v) is 0.321. The van der Waals surface area contributed by atoms with E-state index in [0.29, 0.717) is 0 Å². The highest BCUT2D eigenvalue weighted by Gasteiger charge is 1.67. The summed E-state index contributed by atoms with van der Waals surface area (Å²) >= 11 is 0. The molecule has 0 spiro atoms. The minimum absolute atomic E-state index is 0.628. The molecule has 4 heteroatoms. The summed E-state index contributed by atoms with van der Waals surface area (Å²) in [5, 5.41) is 17.7. The third-order valence-electron chi connectivity index (χ3n) is 0.105. The van der Waals surface area contributed by atoms with E-state index in [1.807, 2.05) is 0 Å². The van der Waals surface area contributed by atoms with Gasteiger partial charge in [-0.1, -0.05) is 5.04 Å². The fourth-order valence-electron chi connectivity index (χ4n) is 0.0236. The van der Waals surface area contributed by atoms with Gasteiger partial charge in [0.1, 0.15) is 0 Å². The van der Waals surface area contributed by atoms with E-state index in [1.54, 1.807) is 0 Å². The monoisotopic (exact) mass is 80.0 g/mol. The van der Waals surface area contributed by atoms with Gasteiger partial charge in [-0.15, -0.1) is 0 Å². The van der Waals surface area contributed by atoms with Crippen LogP contribution < -0.4 is 0 Å². The molecule has 0 rings (SSSR count). The lowest BCUT2D eigenvalue weighted by Gasteiger charge is -1.82. The molecule has 4 nitrogen and oxygen atoms in total. The van der Waals surface area contributed by atoms with E-state index in [1.165, 1.54) is 0 Å². The number of aliphatic hydroxyl groups is 1. The largest absolute Gasteiger partial charge is 0.368 e. The molecule has 0 saturated heterocycles. The predicted molar refractivity (Wildman–Crippen MR) is 11.9 cm³/mol. The lowest BCUT2D eigenvalue weighted by Crippen LogP contribution is -1.88. The summed E-state index contributed by atoms with van der Waals surface area (Å²) in [5.74, 6) is 0. The van der Waals surface area contributed by atoms with Crippen LogP contribution in [0.5, 0.6) is 0 Å². The Balaban J connectivity index is 2.19. The molecule has 0 atom stereocenters. The Morgan fingerprint density at radius 3 is 2.20 bits per heavy atom. The molecule has 0 bridgehead atoms. The summed E-state index contributed by atoms with van der Waals surface area (Å²) < 4.78 is 0. The highest BCUT2D eigenvalue weighted by atomic mass is 17.5. The third-order valence-corrected chi connectivity index (χ3v) is 0.105. The van der Waals surface area contributed by atoms with E-state index in [2.05, 4.69) is 9.93 Å². The van der Waals surface area contributed by atoms with E-state index in [9.17, 15) is 0 Å². The van der Waals surface area contributed by atoms with Gasteiger partial charge in [0, 0.05) is 0 Å². The molecule has 32 valence electrons. The van der Waals surface area contributed by atoms with Crippen LogP contribution in [0.2, 0.25) is 0 Å². The Morgan fingerprint density at radius 1 is 1.60 bits per heavy atom. The normalized spacial score (nSPS) is 8.40. The molecule has 0 unspecified atom stereocenters. The van der Waals surface area contributed by atoms with Gasteiger partial charge in [0.25, 0.3) is 0 Å². The minimum Gasteiger partial charge on any atom is -0.368 e. The van der Waals surface area contributed by atoms with Crippen LogP contribution in [-0.2, 0) is 9.93 Å². The van der Waals surface area contributed by atoms with Crippen LogP contribution in [0.1, 0.15) is 0 Å². The fourth-order valence-corrected chi connectivity index (χ4v) is 0.0236. The van der Waals surface area contributed by atoms with Crippen molar-refractivity contribution in [3.8, 4) is 0 Å². The molecular weight excluding hydrogens is 76.0 g/mol. The fraction of sp³-hybridized carbons (Fsp3) is 1.00. The van der Waals surface area contributed by atoms with Crippen molar-refractivity contribution in [2.24, 2.45) is 0 Å². The maximum absolute atomic E-state index is 7.56. The summed E-state index contributed by atoms with van der Waals surface area (Å²) in [4.78, 5) is 3.44. The molecule has 0 amide bonds.